The fourth-order valence-corrected chi connectivity index (χ4v) is 2.85. The number of aryl methyl sites for hydroxylation is 2. The lowest BCUT2D eigenvalue weighted by Crippen LogP contribution is -2.25. The van der Waals surface area contributed by atoms with E-state index in [1.165, 1.54) is 0 Å². The highest BCUT2D eigenvalue weighted by Gasteiger charge is 2.17. The molecule has 0 aromatic carbocycles. The summed E-state index contributed by atoms with van der Waals surface area (Å²) in [6, 6.07) is 5.95. The lowest BCUT2D eigenvalue weighted by atomic mass is 10.0. The molecule has 0 unspecified atom stereocenters. The van der Waals surface area contributed by atoms with Crippen LogP contribution in [-0.4, -0.2) is 31.7 Å². The molecule has 0 saturated heterocycles. The van der Waals surface area contributed by atoms with Gasteiger partial charge >= 0.3 is 5.97 Å². The van der Waals surface area contributed by atoms with E-state index in [0.29, 0.717) is 5.65 Å². The van der Waals surface area contributed by atoms with E-state index >= 15 is 0 Å². The van der Waals surface area contributed by atoms with Gasteiger partial charge in [-0.15, -0.1) is 0 Å². The first kappa shape index (κ1) is 18.0. The van der Waals surface area contributed by atoms with E-state index in [-0.39, 0.29) is 12.4 Å². The van der Waals surface area contributed by atoms with Crippen molar-refractivity contribution in [1.82, 2.24) is 20.2 Å². The summed E-state index contributed by atoms with van der Waals surface area (Å²) in [7, 11) is 0. The summed E-state index contributed by atoms with van der Waals surface area (Å²) in [5, 5.41) is 8.35. The van der Waals surface area contributed by atoms with Crippen LogP contribution in [0.15, 0.2) is 24.4 Å². The molecule has 26 heavy (non-hydrogen) atoms. The molecule has 0 fully saturated rings. The van der Waals surface area contributed by atoms with E-state index < -0.39 is 5.60 Å². The van der Waals surface area contributed by atoms with Crippen molar-refractivity contribution in [2.45, 2.75) is 53.1 Å². The molecule has 6 heteroatoms. The van der Waals surface area contributed by atoms with Crippen molar-refractivity contribution in [3.8, 4) is 11.3 Å². The van der Waals surface area contributed by atoms with Crippen LogP contribution < -0.4 is 0 Å². The Balaban J connectivity index is 1.91. The van der Waals surface area contributed by atoms with Crippen LogP contribution in [0.25, 0.3) is 22.3 Å². The van der Waals surface area contributed by atoms with Gasteiger partial charge in [-0.1, -0.05) is 6.92 Å². The van der Waals surface area contributed by atoms with Crippen LogP contribution in [-0.2, 0) is 22.4 Å². The van der Waals surface area contributed by atoms with Crippen molar-refractivity contribution >= 4 is 17.0 Å². The molecule has 0 spiro atoms. The Morgan fingerprint density at radius 1 is 1.27 bits per heavy atom. The van der Waals surface area contributed by atoms with E-state index in [1.807, 2.05) is 45.9 Å². The van der Waals surface area contributed by atoms with Crippen molar-refractivity contribution in [3.63, 3.8) is 0 Å². The van der Waals surface area contributed by atoms with Gasteiger partial charge in [-0.25, -0.2) is 4.98 Å². The number of aromatic amines is 1. The van der Waals surface area contributed by atoms with Crippen molar-refractivity contribution in [2.75, 3.05) is 0 Å². The van der Waals surface area contributed by atoms with Crippen LogP contribution in [0.4, 0.5) is 0 Å². The molecule has 3 heterocycles. The Morgan fingerprint density at radius 3 is 2.73 bits per heavy atom. The molecule has 6 nitrogen and oxygen atoms in total. The fraction of sp³-hybridized carbons (Fsp3) is 0.400. The SMILES string of the molecule is CCc1[nH]nc2nc(-c3cc(CC(=O)OC(C)(C)C)cnc3C)ccc12. The van der Waals surface area contributed by atoms with Crippen LogP contribution in [0.5, 0.6) is 0 Å². The van der Waals surface area contributed by atoms with Gasteiger partial charge in [-0.3, -0.25) is 14.9 Å². The van der Waals surface area contributed by atoms with Gasteiger partial charge in [0, 0.05) is 28.5 Å². The predicted molar refractivity (Wildman–Crippen MR) is 101 cm³/mol. The highest BCUT2D eigenvalue weighted by atomic mass is 16.6. The number of rotatable bonds is 4. The van der Waals surface area contributed by atoms with Gasteiger partial charge < -0.3 is 4.74 Å². The maximum atomic E-state index is 12.1. The lowest BCUT2D eigenvalue weighted by Gasteiger charge is -2.19. The number of fused-ring (bicyclic) bond motifs is 1. The van der Waals surface area contributed by atoms with Crippen molar-refractivity contribution in [1.29, 1.82) is 0 Å². The zero-order valence-corrected chi connectivity index (χ0v) is 15.9. The van der Waals surface area contributed by atoms with Gasteiger partial charge in [0.05, 0.1) is 12.1 Å². The van der Waals surface area contributed by atoms with Gasteiger partial charge in [0.2, 0.25) is 0 Å². The summed E-state index contributed by atoms with van der Waals surface area (Å²) in [5.74, 6) is -0.266. The van der Waals surface area contributed by atoms with E-state index in [2.05, 4.69) is 27.1 Å². The minimum Gasteiger partial charge on any atom is -0.460 e. The van der Waals surface area contributed by atoms with Gasteiger partial charge in [0.25, 0.3) is 0 Å². The largest absolute Gasteiger partial charge is 0.460 e. The van der Waals surface area contributed by atoms with E-state index in [1.54, 1.807) is 6.20 Å². The van der Waals surface area contributed by atoms with Crippen molar-refractivity contribution < 1.29 is 9.53 Å². The quantitative estimate of drug-likeness (QED) is 0.723. The normalized spacial score (nSPS) is 11.7. The maximum Gasteiger partial charge on any atom is 0.310 e. The second-order valence-corrected chi connectivity index (χ2v) is 7.36. The first-order chi connectivity index (χ1) is 12.3. The Labute approximate surface area is 153 Å². The Hall–Kier alpha value is -2.76. The first-order valence-corrected chi connectivity index (χ1v) is 8.78. The van der Waals surface area contributed by atoms with E-state index in [9.17, 15) is 4.79 Å². The minimum atomic E-state index is -0.498. The molecule has 0 bridgehead atoms. The van der Waals surface area contributed by atoms with Crippen LogP contribution in [0, 0.1) is 6.92 Å². The molecule has 0 aliphatic rings. The second-order valence-electron chi connectivity index (χ2n) is 7.36. The van der Waals surface area contributed by atoms with Gasteiger partial charge in [-0.05, 0) is 57.9 Å². The first-order valence-electron chi connectivity index (χ1n) is 8.78. The molecule has 0 radical (unpaired) electrons. The number of H-pyrrole nitrogens is 1. The minimum absolute atomic E-state index is 0.183. The topological polar surface area (TPSA) is 80.8 Å². The van der Waals surface area contributed by atoms with Crippen molar-refractivity contribution in [2.24, 2.45) is 0 Å². The third kappa shape index (κ3) is 3.90. The average molecular weight is 352 g/mol. The molecule has 136 valence electrons. The van der Waals surface area contributed by atoms with Crippen LogP contribution in [0.3, 0.4) is 0 Å². The number of nitrogens with zero attached hydrogens (tertiary/aromatic N) is 3. The molecular weight excluding hydrogens is 328 g/mol. The Kier molecular flexibility index (Phi) is 4.76. The van der Waals surface area contributed by atoms with Crippen LogP contribution >= 0.6 is 0 Å². The number of hydrogen-bond acceptors (Lipinski definition) is 5. The van der Waals surface area contributed by atoms with Gasteiger partial charge in [-0.2, -0.15) is 5.10 Å². The number of carbonyl (C=O) groups excluding carboxylic acids is 1. The molecular formula is C20H24N4O2. The number of ether oxygens (including phenoxy) is 1. The Bertz CT molecular complexity index is 954. The summed E-state index contributed by atoms with van der Waals surface area (Å²) >= 11 is 0. The number of carbonyl (C=O) groups is 1. The number of pyridine rings is 2. The third-order valence-corrected chi connectivity index (χ3v) is 4.04. The van der Waals surface area contributed by atoms with Gasteiger partial charge in [0.1, 0.15) is 5.60 Å². The summed E-state index contributed by atoms with van der Waals surface area (Å²) in [6.07, 6.45) is 2.77. The van der Waals surface area contributed by atoms with Gasteiger partial charge in [0.15, 0.2) is 5.65 Å². The molecule has 1 N–H and O–H groups in total. The molecule has 3 rings (SSSR count). The number of aromatic nitrogens is 4. The number of hydrogen-bond donors (Lipinski definition) is 1. The highest BCUT2D eigenvalue weighted by Crippen LogP contribution is 2.25. The predicted octanol–water partition coefficient (Wildman–Crippen LogP) is 3.77. The zero-order valence-electron chi connectivity index (χ0n) is 15.9. The summed E-state index contributed by atoms with van der Waals surface area (Å²) in [4.78, 5) is 21.2. The smallest absolute Gasteiger partial charge is 0.310 e. The fourth-order valence-electron chi connectivity index (χ4n) is 2.85. The number of nitrogens with one attached hydrogen (secondary N) is 1. The maximum absolute atomic E-state index is 12.1. The molecule has 0 amide bonds. The molecule has 3 aromatic rings. The van der Waals surface area contributed by atoms with E-state index in [4.69, 9.17) is 4.74 Å². The van der Waals surface area contributed by atoms with E-state index in [0.717, 1.165) is 40.0 Å². The summed E-state index contributed by atoms with van der Waals surface area (Å²) < 4.78 is 5.39. The number of esters is 1. The zero-order chi connectivity index (χ0) is 18.9. The summed E-state index contributed by atoms with van der Waals surface area (Å²) in [5.41, 5.74) is 4.62. The average Bonchev–Trinajstić information content (AvgIpc) is 2.97. The third-order valence-electron chi connectivity index (χ3n) is 4.04. The van der Waals surface area contributed by atoms with Crippen LogP contribution in [0.1, 0.15) is 44.6 Å². The monoisotopic (exact) mass is 352 g/mol. The lowest BCUT2D eigenvalue weighted by molar-refractivity contribution is -0.153. The van der Waals surface area contributed by atoms with Crippen molar-refractivity contribution in [3.05, 3.63) is 41.3 Å². The summed E-state index contributed by atoms with van der Waals surface area (Å²) in [6.45, 7) is 9.58. The second kappa shape index (κ2) is 6.86. The Morgan fingerprint density at radius 2 is 2.04 bits per heavy atom. The molecule has 3 aromatic heterocycles. The molecule has 0 aliphatic heterocycles. The molecule has 0 aliphatic carbocycles. The standard InChI is InChI=1S/C20H24N4O2/c1-6-16-14-7-8-17(22-19(14)24-23-16)15-9-13(11-21-12(15)2)10-18(25)26-20(3,4)5/h7-9,11H,6,10H2,1-5H3,(H,22,23,24). The highest BCUT2D eigenvalue weighted by molar-refractivity contribution is 5.81. The molecule has 0 atom stereocenters. The molecule has 0 saturated carbocycles. The van der Waals surface area contributed by atoms with Crippen LogP contribution in [0.2, 0.25) is 0 Å².